The van der Waals surface area contributed by atoms with Crippen molar-refractivity contribution in [2.45, 2.75) is 53.6 Å². The van der Waals surface area contributed by atoms with Gasteiger partial charge in [-0.1, -0.05) is 6.92 Å². The number of carbonyl (C=O) groups excluding carboxylic acids is 4. The smallest absolute Gasteiger partial charge is 0.462 e. The van der Waals surface area contributed by atoms with Crippen molar-refractivity contribution in [1.82, 2.24) is 0 Å². The third-order valence-electron chi connectivity index (χ3n) is 3.56. The van der Waals surface area contributed by atoms with Gasteiger partial charge in [0.25, 0.3) is 0 Å². The molecule has 0 atom stereocenters. The van der Waals surface area contributed by atoms with Gasteiger partial charge in [0, 0.05) is 6.42 Å². The summed E-state index contributed by atoms with van der Waals surface area (Å²) in [6.07, 6.45) is -1.28. The van der Waals surface area contributed by atoms with E-state index in [1.165, 1.54) is 6.92 Å². The molecule has 1 aromatic carbocycles. The van der Waals surface area contributed by atoms with Crippen LogP contribution in [-0.4, -0.2) is 42.7 Å². The van der Waals surface area contributed by atoms with Crippen molar-refractivity contribution in [3.05, 3.63) is 28.3 Å². The van der Waals surface area contributed by atoms with Gasteiger partial charge in [-0.3, -0.25) is 4.79 Å². The maximum Gasteiger partial charge on any atom is 0.514 e. The Morgan fingerprint density at radius 1 is 0.967 bits per heavy atom. The van der Waals surface area contributed by atoms with E-state index in [4.69, 9.17) is 18.9 Å². The number of esters is 2. The van der Waals surface area contributed by atoms with E-state index >= 15 is 0 Å². The summed E-state index contributed by atoms with van der Waals surface area (Å²) < 4.78 is 20.2. The van der Waals surface area contributed by atoms with Crippen LogP contribution in [0, 0.1) is 11.3 Å². The fraction of sp³-hybridized carbons (Fsp3) is 0.476. The number of Topliss-reactive ketones (excluding diaryl/α,β-unsaturated/α-hetero) is 1. The summed E-state index contributed by atoms with van der Waals surface area (Å²) in [4.78, 5) is 49.8. The summed E-state index contributed by atoms with van der Waals surface area (Å²) in [5, 5.41) is 9.66. The highest BCUT2D eigenvalue weighted by molar-refractivity contribution is 6.11. The molecule has 0 aliphatic rings. The molecule has 0 fully saturated rings. The Morgan fingerprint density at radius 3 is 1.93 bits per heavy atom. The molecule has 0 saturated heterocycles. The second-order valence-corrected chi connectivity index (χ2v) is 6.95. The zero-order valence-electron chi connectivity index (χ0n) is 17.9. The van der Waals surface area contributed by atoms with Gasteiger partial charge in [-0.15, -0.1) is 0 Å². The molecule has 0 spiro atoms. The lowest BCUT2D eigenvalue weighted by molar-refractivity contribution is 0.0200. The van der Waals surface area contributed by atoms with Crippen LogP contribution in [0.5, 0.6) is 5.75 Å². The standard InChI is InChI=1S/C21H25NO8/c1-7-15(23)16-13(19(25)28-9-3)10-12(18(24)27-8-2)14(11-22)17(16)29-20(26)30-21(4,5)6/h10H,7-9H2,1-6H3. The molecular weight excluding hydrogens is 394 g/mol. The van der Waals surface area contributed by atoms with Gasteiger partial charge in [-0.25, -0.2) is 14.4 Å². The lowest BCUT2D eigenvalue weighted by Crippen LogP contribution is -2.27. The van der Waals surface area contributed by atoms with Crippen LogP contribution in [0.2, 0.25) is 0 Å². The zero-order chi connectivity index (χ0) is 23.1. The van der Waals surface area contributed by atoms with Gasteiger partial charge in [0.15, 0.2) is 11.5 Å². The van der Waals surface area contributed by atoms with E-state index in [2.05, 4.69) is 0 Å². The highest BCUT2D eigenvalue weighted by Crippen LogP contribution is 2.33. The van der Waals surface area contributed by atoms with Crippen molar-refractivity contribution in [1.29, 1.82) is 5.26 Å². The topological polar surface area (TPSA) is 129 Å². The minimum Gasteiger partial charge on any atom is -0.462 e. The number of ketones is 1. The van der Waals surface area contributed by atoms with Gasteiger partial charge in [-0.2, -0.15) is 5.26 Å². The number of hydrogen-bond donors (Lipinski definition) is 0. The molecule has 0 saturated carbocycles. The van der Waals surface area contributed by atoms with E-state index < -0.39 is 40.8 Å². The van der Waals surface area contributed by atoms with E-state index in [-0.39, 0.29) is 36.3 Å². The van der Waals surface area contributed by atoms with Crippen molar-refractivity contribution < 1.29 is 38.1 Å². The van der Waals surface area contributed by atoms with Crippen LogP contribution < -0.4 is 4.74 Å². The Kier molecular flexibility index (Phi) is 8.53. The summed E-state index contributed by atoms with van der Waals surface area (Å²) in [7, 11) is 0. The lowest BCUT2D eigenvalue weighted by Gasteiger charge is -2.21. The molecule has 9 nitrogen and oxygen atoms in total. The molecule has 0 aliphatic carbocycles. The fourth-order valence-electron chi connectivity index (χ4n) is 2.42. The summed E-state index contributed by atoms with van der Waals surface area (Å²) in [6, 6.07) is 2.79. The van der Waals surface area contributed by atoms with E-state index in [0.29, 0.717) is 0 Å². The predicted molar refractivity (Wildman–Crippen MR) is 105 cm³/mol. The minimum absolute atomic E-state index is 0.00363. The number of rotatable bonds is 7. The summed E-state index contributed by atoms with van der Waals surface area (Å²) in [6.45, 7) is 9.42. The molecule has 0 N–H and O–H groups in total. The second kappa shape index (κ2) is 10.4. The van der Waals surface area contributed by atoms with Crippen LogP contribution in [0.25, 0.3) is 0 Å². The van der Waals surface area contributed by atoms with Gasteiger partial charge in [0.1, 0.15) is 17.2 Å². The monoisotopic (exact) mass is 419 g/mol. The lowest BCUT2D eigenvalue weighted by atomic mass is 9.93. The average molecular weight is 419 g/mol. The highest BCUT2D eigenvalue weighted by Gasteiger charge is 2.32. The van der Waals surface area contributed by atoms with Crippen molar-refractivity contribution >= 4 is 23.9 Å². The van der Waals surface area contributed by atoms with Crippen molar-refractivity contribution in [2.24, 2.45) is 0 Å². The number of nitriles is 1. The molecule has 1 rings (SSSR count). The summed E-state index contributed by atoms with van der Waals surface area (Å²) >= 11 is 0. The van der Waals surface area contributed by atoms with Crippen LogP contribution in [0.1, 0.15) is 84.6 Å². The molecule has 1 aromatic rings. The maximum atomic E-state index is 12.6. The Hall–Kier alpha value is -3.41. The van der Waals surface area contributed by atoms with Gasteiger partial charge in [0.05, 0.1) is 29.9 Å². The van der Waals surface area contributed by atoms with E-state index in [1.54, 1.807) is 40.7 Å². The third kappa shape index (κ3) is 6.04. The van der Waals surface area contributed by atoms with Gasteiger partial charge >= 0.3 is 18.1 Å². The molecule has 0 heterocycles. The Bertz CT molecular complexity index is 890. The zero-order valence-corrected chi connectivity index (χ0v) is 17.9. The van der Waals surface area contributed by atoms with E-state index in [9.17, 15) is 24.4 Å². The molecule has 0 aliphatic heterocycles. The molecule has 0 radical (unpaired) electrons. The minimum atomic E-state index is -1.21. The summed E-state index contributed by atoms with van der Waals surface area (Å²) in [5.74, 6) is -2.99. The van der Waals surface area contributed by atoms with Gasteiger partial charge < -0.3 is 18.9 Å². The first-order valence-corrected chi connectivity index (χ1v) is 9.39. The van der Waals surface area contributed by atoms with Crippen molar-refractivity contribution in [3.63, 3.8) is 0 Å². The molecule has 9 heteroatoms. The van der Waals surface area contributed by atoms with Crippen molar-refractivity contribution in [3.8, 4) is 11.8 Å². The predicted octanol–water partition coefficient (Wildman–Crippen LogP) is 3.82. The molecule has 0 aromatic heterocycles. The number of benzene rings is 1. The van der Waals surface area contributed by atoms with Crippen LogP contribution >= 0.6 is 0 Å². The largest absolute Gasteiger partial charge is 0.514 e. The number of ether oxygens (including phenoxy) is 4. The SMILES string of the molecule is CCOC(=O)c1cc(C(=O)OCC)c(C(=O)CC)c(OC(=O)OC(C)(C)C)c1C#N. The van der Waals surface area contributed by atoms with Crippen LogP contribution in [0.4, 0.5) is 4.79 Å². The second-order valence-electron chi connectivity index (χ2n) is 6.95. The molecule has 0 unspecified atom stereocenters. The first-order chi connectivity index (χ1) is 14.0. The Balaban J connectivity index is 3.87. The molecule has 30 heavy (non-hydrogen) atoms. The Labute approximate surface area is 174 Å². The molecule has 162 valence electrons. The number of carbonyl (C=O) groups is 4. The molecular formula is C21H25NO8. The van der Waals surface area contributed by atoms with Crippen LogP contribution in [-0.2, 0) is 14.2 Å². The third-order valence-corrected chi connectivity index (χ3v) is 3.56. The quantitative estimate of drug-likeness (QED) is 0.280. The van der Waals surface area contributed by atoms with Gasteiger partial charge in [0.2, 0.25) is 0 Å². The van der Waals surface area contributed by atoms with Crippen LogP contribution in [0.3, 0.4) is 0 Å². The molecule has 0 amide bonds. The first kappa shape index (κ1) is 24.6. The van der Waals surface area contributed by atoms with E-state index in [1.807, 2.05) is 0 Å². The number of hydrogen-bond acceptors (Lipinski definition) is 9. The normalized spacial score (nSPS) is 10.6. The highest BCUT2D eigenvalue weighted by atomic mass is 16.7. The van der Waals surface area contributed by atoms with Gasteiger partial charge in [-0.05, 0) is 40.7 Å². The molecule has 0 bridgehead atoms. The number of nitrogens with zero attached hydrogens (tertiary/aromatic N) is 1. The van der Waals surface area contributed by atoms with E-state index in [0.717, 1.165) is 6.07 Å². The fourth-order valence-corrected chi connectivity index (χ4v) is 2.42. The first-order valence-electron chi connectivity index (χ1n) is 9.39. The summed E-state index contributed by atoms with van der Waals surface area (Å²) in [5.41, 5.74) is -2.35. The average Bonchev–Trinajstić information content (AvgIpc) is 2.65. The maximum absolute atomic E-state index is 12.6. The van der Waals surface area contributed by atoms with Crippen LogP contribution in [0.15, 0.2) is 6.07 Å². The Morgan fingerprint density at radius 2 is 1.50 bits per heavy atom. The van der Waals surface area contributed by atoms with Crippen molar-refractivity contribution in [2.75, 3.05) is 13.2 Å².